The van der Waals surface area contributed by atoms with Crippen molar-refractivity contribution < 1.29 is 29.2 Å². The normalized spacial score (nSPS) is 28.1. The van der Waals surface area contributed by atoms with E-state index in [-0.39, 0.29) is 17.9 Å². The second-order valence-electron chi connectivity index (χ2n) is 8.47. The minimum Gasteiger partial charge on any atom is -0.497 e. The van der Waals surface area contributed by atoms with Crippen LogP contribution in [0.1, 0.15) is 49.0 Å². The Bertz CT molecular complexity index is 907. The number of hydrogen-bond donors (Lipinski definition) is 2. The van der Waals surface area contributed by atoms with Gasteiger partial charge in [0.15, 0.2) is 0 Å². The molecule has 0 spiro atoms. The van der Waals surface area contributed by atoms with Gasteiger partial charge >= 0.3 is 0 Å². The third-order valence-corrected chi connectivity index (χ3v) is 6.66. The zero-order valence-electron chi connectivity index (χ0n) is 17.1. The van der Waals surface area contributed by atoms with E-state index >= 15 is 0 Å². The fraction of sp³-hybridized carbons (Fsp3) is 0.500. The molecule has 0 unspecified atom stereocenters. The lowest BCUT2D eigenvalue weighted by Crippen LogP contribution is -2.40. The molecule has 30 heavy (non-hydrogen) atoms. The number of methoxy groups -OCH3 is 1. The highest BCUT2D eigenvalue weighted by Gasteiger charge is 2.42. The summed E-state index contributed by atoms with van der Waals surface area (Å²) in [6.07, 6.45) is 3.27. The third kappa shape index (κ3) is 3.48. The van der Waals surface area contributed by atoms with Crippen LogP contribution in [-0.2, 0) is 0 Å². The van der Waals surface area contributed by atoms with Crippen molar-refractivity contribution in [2.24, 2.45) is 11.8 Å². The molecular formula is C24H28O6. The average Bonchev–Trinajstić information content (AvgIpc) is 3.28. The molecule has 2 aromatic rings. The molecule has 4 atom stereocenters. The molecule has 2 N–H and O–H groups in total. The van der Waals surface area contributed by atoms with Crippen molar-refractivity contribution in [3.8, 4) is 23.0 Å². The SMILES string of the molecule is COc1ccc2c(c1)[C@H](O)[C@H]([C@H]1COc3ccc(OC4CCCC4)cc3[C@H]1O)CO2. The number of aliphatic hydroxyl groups is 2. The molecule has 0 saturated heterocycles. The highest BCUT2D eigenvalue weighted by molar-refractivity contribution is 5.45. The van der Waals surface area contributed by atoms with Gasteiger partial charge in [0.1, 0.15) is 23.0 Å². The van der Waals surface area contributed by atoms with Crippen molar-refractivity contribution in [3.05, 3.63) is 47.5 Å². The van der Waals surface area contributed by atoms with E-state index in [1.54, 1.807) is 13.2 Å². The van der Waals surface area contributed by atoms with Crippen LogP contribution in [0.4, 0.5) is 0 Å². The Morgan fingerprint density at radius 2 is 1.33 bits per heavy atom. The minimum atomic E-state index is -0.772. The van der Waals surface area contributed by atoms with Crippen molar-refractivity contribution in [2.75, 3.05) is 20.3 Å². The number of benzene rings is 2. The molecule has 0 amide bonds. The molecule has 5 rings (SSSR count). The molecule has 2 aromatic carbocycles. The zero-order chi connectivity index (χ0) is 20.7. The fourth-order valence-corrected chi connectivity index (χ4v) is 4.91. The molecule has 3 aliphatic rings. The van der Waals surface area contributed by atoms with Gasteiger partial charge < -0.3 is 29.2 Å². The molecule has 0 bridgehead atoms. The summed E-state index contributed by atoms with van der Waals surface area (Å²) in [4.78, 5) is 0. The van der Waals surface area contributed by atoms with Crippen molar-refractivity contribution in [1.82, 2.24) is 0 Å². The maximum Gasteiger partial charge on any atom is 0.125 e. The topological polar surface area (TPSA) is 77.4 Å². The molecule has 6 heteroatoms. The van der Waals surface area contributed by atoms with E-state index in [1.807, 2.05) is 30.3 Å². The number of aliphatic hydroxyl groups excluding tert-OH is 2. The van der Waals surface area contributed by atoms with Crippen LogP contribution in [0, 0.1) is 11.8 Å². The van der Waals surface area contributed by atoms with Crippen molar-refractivity contribution in [1.29, 1.82) is 0 Å². The molecular weight excluding hydrogens is 384 g/mol. The Labute approximate surface area is 176 Å². The van der Waals surface area contributed by atoms with Gasteiger partial charge in [-0.05, 0) is 62.1 Å². The van der Waals surface area contributed by atoms with Crippen LogP contribution >= 0.6 is 0 Å². The predicted octanol–water partition coefficient (Wildman–Crippen LogP) is 3.80. The summed E-state index contributed by atoms with van der Waals surface area (Å²) >= 11 is 0. The summed E-state index contributed by atoms with van der Waals surface area (Å²) in [5.41, 5.74) is 1.40. The Morgan fingerprint density at radius 3 is 1.90 bits per heavy atom. The average molecular weight is 412 g/mol. The van der Waals surface area contributed by atoms with E-state index in [4.69, 9.17) is 18.9 Å². The van der Waals surface area contributed by atoms with Crippen LogP contribution in [0.5, 0.6) is 23.0 Å². The Balaban J connectivity index is 1.38. The summed E-state index contributed by atoms with van der Waals surface area (Å²) < 4.78 is 23.3. The van der Waals surface area contributed by atoms with Crippen molar-refractivity contribution in [2.45, 2.75) is 44.0 Å². The summed E-state index contributed by atoms with van der Waals surface area (Å²) in [5, 5.41) is 22.3. The first-order valence-corrected chi connectivity index (χ1v) is 10.7. The van der Waals surface area contributed by atoms with Crippen LogP contribution in [0.2, 0.25) is 0 Å². The first-order valence-electron chi connectivity index (χ1n) is 10.7. The molecule has 1 aliphatic carbocycles. The molecule has 6 nitrogen and oxygen atoms in total. The van der Waals surface area contributed by atoms with Gasteiger partial charge in [-0.3, -0.25) is 0 Å². The fourth-order valence-electron chi connectivity index (χ4n) is 4.91. The lowest BCUT2D eigenvalue weighted by Gasteiger charge is -2.40. The van der Waals surface area contributed by atoms with E-state index < -0.39 is 12.2 Å². The molecule has 160 valence electrons. The number of fused-ring (bicyclic) bond motifs is 2. The van der Waals surface area contributed by atoms with E-state index in [0.717, 1.165) is 18.6 Å². The summed E-state index contributed by atoms with van der Waals surface area (Å²) in [6, 6.07) is 11.1. The van der Waals surface area contributed by atoms with Gasteiger partial charge in [-0.25, -0.2) is 0 Å². The Kier molecular flexibility index (Phi) is 5.21. The summed E-state index contributed by atoms with van der Waals surface area (Å²) in [5.74, 6) is 2.15. The van der Waals surface area contributed by atoms with E-state index in [9.17, 15) is 10.2 Å². The van der Waals surface area contributed by atoms with Gasteiger partial charge in [-0.2, -0.15) is 0 Å². The highest BCUT2D eigenvalue weighted by atomic mass is 16.5. The molecule has 2 aliphatic heterocycles. The van der Waals surface area contributed by atoms with Crippen LogP contribution < -0.4 is 18.9 Å². The van der Waals surface area contributed by atoms with Gasteiger partial charge in [0, 0.05) is 23.0 Å². The monoisotopic (exact) mass is 412 g/mol. The number of hydrogen-bond acceptors (Lipinski definition) is 6. The van der Waals surface area contributed by atoms with Gasteiger partial charge in [-0.15, -0.1) is 0 Å². The molecule has 0 aromatic heterocycles. The second kappa shape index (κ2) is 8.00. The quantitative estimate of drug-likeness (QED) is 0.795. The maximum absolute atomic E-state index is 11.2. The molecule has 1 fully saturated rings. The lowest BCUT2D eigenvalue weighted by atomic mass is 9.77. The van der Waals surface area contributed by atoms with Crippen LogP contribution in [0.15, 0.2) is 36.4 Å². The van der Waals surface area contributed by atoms with Gasteiger partial charge in [0.2, 0.25) is 0 Å². The largest absolute Gasteiger partial charge is 0.497 e. The Hall–Kier alpha value is -2.44. The lowest BCUT2D eigenvalue weighted by molar-refractivity contribution is -0.0553. The van der Waals surface area contributed by atoms with Crippen LogP contribution in [-0.4, -0.2) is 36.6 Å². The molecule has 1 saturated carbocycles. The minimum absolute atomic E-state index is 0.251. The smallest absolute Gasteiger partial charge is 0.125 e. The van der Waals surface area contributed by atoms with Crippen molar-refractivity contribution in [3.63, 3.8) is 0 Å². The number of ether oxygens (including phenoxy) is 4. The standard InChI is InChI=1S/C24H28O6/c1-27-15-6-8-21-17(10-15)23(25)19(12-28-21)20-13-29-22-9-7-16(11-18(22)24(20)26)30-14-4-2-3-5-14/h6-11,14,19-20,23-26H,2-5,12-13H2,1H3/t19-,20+,23-,24+/m0/s1. The van der Waals surface area contributed by atoms with Gasteiger partial charge in [0.25, 0.3) is 0 Å². The maximum atomic E-state index is 11.2. The second-order valence-corrected chi connectivity index (χ2v) is 8.47. The zero-order valence-corrected chi connectivity index (χ0v) is 17.1. The van der Waals surface area contributed by atoms with E-state index in [2.05, 4.69) is 0 Å². The first kappa shape index (κ1) is 19.5. The van der Waals surface area contributed by atoms with E-state index in [0.29, 0.717) is 41.6 Å². The van der Waals surface area contributed by atoms with Crippen LogP contribution in [0.3, 0.4) is 0 Å². The molecule has 0 radical (unpaired) electrons. The summed E-state index contributed by atoms with van der Waals surface area (Å²) in [7, 11) is 1.59. The van der Waals surface area contributed by atoms with Gasteiger partial charge in [-0.1, -0.05) is 0 Å². The third-order valence-electron chi connectivity index (χ3n) is 6.66. The first-order chi connectivity index (χ1) is 14.6. The predicted molar refractivity (Wildman–Crippen MR) is 110 cm³/mol. The Morgan fingerprint density at radius 1 is 0.800 bits per heavy atom. The van der Waals surface area contributed by atoms with Crippen molar-refractivity contribution >= 4 is 0 Å². The van der Waals surface area contributed by atoms with Gasteiger partial charge in [0.05, 0.1) is 38.6 Å². The van der Waals surface area contributed by atoms with Crippen LogP contribution in [0.25, 0.3) is 0 Å². The molecule has 2 heterocycles. The highest BCUT2D eigenvalue weighted by Crippen LogP contribution is 2.47. The number of rotatable bonds is 4. The summed E-state index contributed by atoms with van der Waals surface area (Å²) in [6.45, 7) is 0.639. The van der Waals surface area contributed by atoms with E-state index in [1.165, 1.54) is 12.8 Å².